The number of anilines is 1. The summed E-state index contributed by atoms with van der Waals surface area (Å²) in [7, 11) is 7.21. The summed E-state index contributed by atoms with van der Waals surface area (Å²) in [5.74, 6) is -1.66. The molecule has 240 valence electrons. The van der Waals surface area contributed by atoms with Crippen molar-refractivity contribution in [2.24, 2.45) is 20.0 Å². The minimum absolute atomic E-state index is 0.0179. The minimum Gasteiger partial charge on any atom is -0.496 e. The Balaban J connectivity index is 1.62. The highest BCUT2D eigenvalue weighted by atomic mass is 35.5. The van der Waals surface area contributed by atoms with Crippen LogP contribution >= 0.6 is 11.6 Å². The van der Waals surface area contributed by atoms with Gasteiger partial charge in [-0.1, -0.05) is 37.2 Å². The van der Waals surface area contributed by atoms with Gasteiger partial charge in [-0.3, -0.25) is 23.5 Å². The molecule has 1 aromatic heterocycles. The van der Waals surface area contributed by atoms with E-state index in [1.54, 1.807) is 38.2 Å². The molecule has 3 atom stereocenters. The standard InChI is InChI=1S/C33H32ClN3O9/c1-8-11-45-19-13-16(9-10-18(19)42-5)22-23-17(35-30-25(22)31(40)37(4)32(41)36(30)3)12-15(2)33(28(23)38)29(39)24-20(43-6)14-21(44-7)26(34)27(24)46-33/h8-10,13-15,22,35H,1,11-12H2,2-7H3. The number of ether oxygens (including phenoxy) is 5. The molecule has 1 spiro atoms. The van der Waals surface area contributed by atoms with E-state index in [0.29, 0.717) is 22.8 Å². The number of nitrogens with zero attached hydrogens (tertiary/aromatic N) is 2. The molecule has 0 saturated carbocycles. The lowest BCUT2D eigenvalue weighted by atomic mass is 9.66. The van der Waals surface area contributed by atoms with Crippen molar-refractivity contribution in [1.82, 2.24) is 9.13 Å². The third-order valence-corrected chi connectivity index (χ3v) is 9.31. The number of aromatic nitrogens is 2. The largest absolute Gasteiger partial charge is 0.496 e. The lowest BCUT2D eigenvalue weighted by molar-refractivity contribution is -0.130. The van der Waals surface area contributed by atoms with Crippen LogP contribution in [-0.2, 0) is 18.9 Å². The summed E-state index contributed by atoms with van der Waals surface area (Å²) in [5.41, 5.74) is -1.92. The van der Waals surface area contributed by atoms with Crippen LogP contribution in [0.1, 0.15) is 40.7 Å². The highest BCUT2D eigenvalue weighted by Gasteiger charge is 2.63. The van der Waals surface area contributed by atoms with Crippen molar-refractivity contribution in [3.63, 3.8) is 0 Å². The monoisotopic (exact) mass is 649 g/mol. The molecule has 6 rings (SSSR count). The number of rotatable bonds is 7. The molecule has 2 aliphatic heterocycles. The summed E-state index contributed by atoms with van der Waals surface area (Å²) < 4.78 is 30.9. The Hall–Kier alpha value is -4.97. The number of benzene rings is 2. The van der Waals surface area contributed by atoms with Gasteiger partial charge in [0.1, 0.15) is 34.5 Å². The Morgan fingerprint density at radius 1 is 1.00 bits per heavy atom. The predicted molar refractivity (Wildman–Crippen MR) is 169 cm³/mol. The van der Waals surface area contributed by atoms with Crippen molar-refractivity contribution in [1.29, 1.82) is 0 Å². The molecule has 0 bridgehead atoms. The molecule has 46 heavy (non-hydrogen) atoms. The van der Waals surface area contributed by atoms with E-state index in [4.69, 9.17) is 35.3 Å². The second-order valence-electron chi connectivity index (χ2n) is 11.3. The first-order chi connectivity index (χ1) is 22.0. The number of allylic oxidation sites excluding steroid dienone is 1. The number of ketones is 2. The first kappa shape index (κ1) is 31.0. The number of fused-ring (bicyclic) bond motifs is 2. The molecule has 1 N–H and O–H groups in total. The average molecular weight is 650 g/mol. The molecule has 3 heterocycles. The van der Waals surface area contributed by atoms with Gasteiger partial charge in [0.2, 0.25) is 17.2 Å². The molecule has 0 saturated heterocycles. The Morgan fingerprint density at radius 2 is 1.70 bits per heavy atom. The van der Waals surface area contributed by atoms with Gasteiger partial charge >= 0.3 is 5.69 Å². The number of halogens is 1. The van der Waals surface area contributed by atoms with E-state index in [1.807, 2.05) is 0 Å². The summed E-state index contributed by atoms with van der Waals surface area (Å²) in [4.78, 5) is 56.4. The fraction of sp³-hybridized carbons (Fsp3) is 0.333. The molecule has 0 fully saturated rings. The van der Waals surface area contributed by atoms with Crippen LogP contribution in [0.2, 0.25) is 5.02 Å². The van der Waals surface area contributed by atoms with Crippen LogP contribution in [0.25, 0.3) is 0 Å². The van der Waals surface area contributed by atoms with Crippen molar-refractivity contribution >= 4 is 29.0 Å². The van der Waals surface area contributed by atoms with Crippen LogP contribution in [0.4, 0.5) is 5.82 Å². The number of methoxy groups -OCH3 is 3. The van der Waals surface area contributed by atoms with E-state index in [9.17, 15) is 14.4 Å². The molecule has 1 aliphatic carbocycles. The summed E-state index contributed by atoms with van der Waals surface area (Å²) in [6, 6.07) is 6.52. The van der Waals surface area contributed by atoms with Crippen LogP contribution in [0, 0.1) is 5.92 Å². The van der Waals surface area contributed by atoms with Gasteiger partial charge in [-0.25, -0.2) is 4.79 Å². The number of hydrogen-bond donors (Lipinski definition) is 1. The molecule has 12 nitrogen and oxygen atoms in total. The van der Waals surface area contributed by atoms with Crippen molar-refractivity contribution in [3.05, 3.63) is 90.7 Å². The zero-order valence-corrected chi connectivity index (χ0v) is 26.9. The van der Waals surface area contributed by atoms with Crippen molar-refractivity contribution in [2.75, 3.05) is 33.3 Å². The third kappa shape index (κ3) is 4.12. The zero-order valence-electron chi connectivity index (χ0n) is 26.1. The van der Waals surface area contributed by atoms with Gasteiger partial charge in [0.15, 0.2) is 17.2 Å². The van der Waals surface area contributed by atoms with Gasteiger partial charge in [-0.05, 0) is 24.1 Å². The highest BCUT2D eigenvalue weighted by molar-refractivity contribution is 6.36. The van der Waals surface area contributed by atoms with Gasteiger partial charge in [0.25, 0.3) is 5.56 Å². The van der Waals surface area contributed by atoms with Crippen molar-refractivity contribution in [2.45, 2.75) is 24.9 Å². The van der Waals surface area contributed by atoms with Crippen LogP contribution in [0.3, 0.4) is 0 Å². The summed E-state index contributed by atoms with van der Waals surface area (Å²) in [6.07, 6.45) is 1.73. The first-order valence-corrected chi connectivity index (χ1v) is 14.8. The Bertz CT molecular complexity index is 2010. The normalized spacial score (nSPS) is 21.2. The fourth-order valence-electron chi connectivity index (χ4n) is 6.66. The quantitative estimate of drug-likeness (QED) is 0.298. The van der Waals surface area contributed by atoms with Crippen LogP contribution in [0.5, 0.6) is 28.7 Å². The number of hydrogen-bond acceptors (Lipinski definition) is 10. The maximum absolute atomic E-state index is 15.1. The topological polar surface area (TPSA) is 136 Å². The van der Waals surface area contributed by atoms with E-state index < -0.39 is 40.3 Å². The molecular weight excluding hydrogens is 618 g/mol. The maximum Gasteiger partial charge on any atom is 0.332 e. The molecular formula is C33H32ClN3O9. The Morgan fingerprint density at radius 3 is 2.35 bits per heavy atom. The van der Waals surface area contributed by atoms with E-state index >= 15 is 4.79 Å². The van der Waals surface area contributed by atoms with Crippen molar-refractivity contribution in [3.8, 4) is 28.7 Å². The summed E-state index contributed by atoms with van der Waals surface area (Å²) in [5, 5.41) is 3.23. The van der Waals surface area contributed by atoms with Crippen molar-refractivity contribution < 1.29 is 33.3 Å². The maximum atomic E-state index is 15.1. The molecule has 2 aromatic carbocycles. The first-order valence-electron chi connectivity index (χ1n) is 14.4. The minimum atomic E-state index is -2.03. The third-order valence-electron chi connectivity index (χ3n) is 8.95. The number of nitrogens with one attached hydrogen (secondary N) is 1. The average Bonchev–Trinajstić information content (AvgIpc) is 3.38. The van der Waals surface area contributed by atoms with Gasteiger partial charge in [-0.15, -0.1) is 0 Å². The van der Waals surface area contributed by atoms with Gasteiger partial charge < -0.3 is 29.0 Å². The molecule has 0 radical (unpaired) electrons. The smallest absolute Gasteiger partial charge is 0.332 e. The lowest BCUT2D eigenvalue weighted by Gasteiger charge is -2.42. The number of carbonyl (C=O) groups is 2. The number of carbonyl (C=O) groups excluding carboxylic acids is 2. The van der Waals surface area contributed by atoms with Crippen LogP contribution < -0.4 is 40.3 Å². The number of Topliss-reactive ketones (excluding diaryl/α,β-unsaturated/α-hetero) is 2. The van der Waals surface area contributed by atoms with E-state index in [0.717, 1.165) is 4.57 Å². The SMILES string of the molecule is C=CCOc1cc(C2C3=C(CC(C)C4(Oc5c(Cl)c(OC)cc(OC)c5C4=O)C3=O)Nc3c2c(=O)n(C)c(=O)n3C)ccc1OC. The van der Waals surface area contributed by atoms with Gasteiger partial charge in [-0.2, -0.15) is 0 Å². The molecule has 3 unspecified atom stereocenters. The van der Waals surface area contributed by atoms with Crippen LogP contribution in [0.15, 0.2) is 57.8 Å². The van der Waals surface area contributed by atoms with Crippen LogP contribution in [-0.4, -0.2) is 54.2 Å². The summed E-state index contributed by atoms with van der Waals surface area (Å²) in [6.45, 7) is 5.60. The fourth-order valence-corrected chi connectivity index (χ4v) is 6.92. The second-order valence-corrected chi connectivity index (χ2v) is 11.7. The van der Waals surface area contributed by atoms with Gasteiger partial charge in [0, 0.05) is 43.3 Å². The van der Waals surface area contributed by atoms with E-state index in [2.05, 4.69) is 11.9 Å². The molecule has 13 heteroatoms. The zero-order chi connectivity index (χ0) is 33.2. The predicted octanol–water partition coefficient (Wildman–Crippen LogP) is 3.76. The lowest BCUT2D eigenvalue weighted by Crippen LogP contribution is -2.58. The summed E-state index contributed by atoms with van der Waals surface area (Å²) >= 11 is 6.63. The Labute approximate surface area is 268 Å². The van der Waals surface area contributed by atoms with Gasteiger partial charge in [0.05, 0.1) is 26.9 Å². The molecule has 0 amide bonds. The molecule has 3 aromatic rings. The highest BCUT2D eigenvalue weighted by Crippen LogP contribution is 2.56. The molecule has 3 aliphatic rings. The second kappa shape index (κ2) is 11.1. The van der Waals surface area contributed by atoms with E-state index in [1.165, 1.54) is 39.0 Å². The Kier molecular flexibility index (Phi) is 7.51. The van der Waals surface area contributed by atoms with E-state index in [-0.39, 0.29) is 57.8 Å².